The Morgan fingerprint density at radius 3 is 2.23 bits per heavy atom. The second kappa shape index (κ2) is 7.69. The molecule has 3 rings (SSSR count). The number of nitrogens with zero attached hydrogens (tertiary/aromatic N) is 5. The lowest BCUT2D eigenvalue weighted by atomic mass is 10.3. The van der Waals surface area contributed by atoms with Crippen LogP contribution in [0, 0.1) is 0 Å². The average Bonchev–Trinajstić information content (AvgIpc) is 2.66. The molecule has 1 aliphatic heterocycles. The first-order valence-corrected chi connectivity index (χ1v) is 10.1. The highest BCUT2D eigenvalue weighted by atomic mass is 32.2. The van der Waals surface area contributed by atoms with Crippen molar-refractivity contribution in [3.05, 3.63) is 48.8 Å². The summed E-state index contributed by atoms with van der Waals surface area (Å²) in [5.41, 5.74) is 0.486. The fourth-order valence-electron chi connectivity index (χ4n) is 2.83. The molecule has 8 nitrogen and oxygen atoms in total. The van der Waals surface area contributed by atoms with Gasteiger partial charge in [-0.2, -0.15) is 0 Å². The monoisotopic (exact) mass is 375 g/mol. The lowest BCUT2D eigenvalue weighted by Gasteiger charge is -2.35. The fraction of sp³-hybridized carbons (Fsp3) is 0.353. The molecule has 1 fully saturated rings. The zero-order chi connectivity index (χ0) is 18.6. The van der Waals surface area contributed by atoms with Gasteiger partial charge in [0.1, 0.15) is 6.54 Å². The third-order valence-corrected chi connectivity index (χ3v) is 5.33. The van der Waals surface area contributed by atoms with Crippen LogP contribution in [-0.4, -0.2) is 68.2 Å². The molecule has 9 heteroatoms. The molecule has 0 spiro atoms. The van der Waals surface area contributed by atoms with E-state index in [0.29, 0.717) is 37.8 Å². The molecule has 0 bridgehead atoms. The quantitative estimate of drug-likeness (QED) is 0.760. The first-order chi connectivity index (χ1) is 12.4. The first-order valence-electron chi connectivity index (χ1n) is 8.27. The van der Waals surface area contributed by atoms with Crippen LogP contribution < -0.4 is 9.21 Å². The average molecular weight is 375 g/mol. The van der Waals surface area contributed by atoms with Gasteiger partial charge in [0.2, 0.25) is 21.9 Å². The third-order valence-electron chi connectivity index (χ3n) is 4.19. The molecular weight excluding hydrogens is 354 g/mol. The molecule has 1 aromatic heterocycles. The van der Waals surface area contributed by atoms with Gasteiger partial charge in [-0.1, -0.05) is 18.2 Å². The van der Waals surface area contributed by atoms with Crippen LogP contribution in [0.3, 0.4) is 0 Å². The maximum absolute atomic E-state index is 12.6. The van der Waals surface area contributed by atoms with E-state index in [2.05, 4.69) is 9.97 Å². The van der Waals surface area contributed by atoms with E-state index in [1.165, 1.54) is 0 Å². The zero-order valence-corrected chi connectivity index (χ0v) is 15.3. The van der Waals surface area contributed by atoms with E-state index in [4.69, 9.17) is 0 Å². The number of sulfonamides is 1. The Balaban J connectivity index is 1.64. The second-order valence-electron chi connectivity index (χ2n) is 6.02. The molecule has 1 saturated heterocycles. The summed E-state index contributed by atoms with van der Waals surface area (Å²) in [7, 11) is -3.55. The number of piperazine rings is 1. The number of benzene rings is 1. The normalized spacial score (nSPS) is 15.0. The predicted octanol–water partition coefficient (Wildman–Crippen LogP) is 0.591. The maximum Gasteiger partial charge on any atom is 0.243 e. The van der Waals surface area contributed by atoms with E-state index in [1.807, 2.05) is 4.90 Å². The first kappa shape index (κ1) is 18.1. The summed E-state index contributed by atoms with van der Waals surface area (Å²) < 4.78 is 25.4. The van der Waals surface area contributed by atoms with Crippen molar-refractivity contribution in [1.82, 2.24) is 14.9 Å². The van der Waals surface area contributed by atoms with Crippen LogP contribution >= 0.6 is 0 Å². The van der Waals surface area contributed by atoms with Gasteiger partial charge < -0.3 is 9.80 Å². The van der Waals surface area contributed by atoms with Gasteiger partial charge >= 0.3 is 0 Å². The number of rotatable bonds is 5. The Bertz CT molecular complexity index is 837. The Labute approximate surface area is 153 Å². The molecule has 2 aromatic rings. The molecule has 0 saturated carbocycles. The van der Waals surface area contributed by atoms with Gasteiger partial charge in [-0.05, 0) is 18.2 Å². The molecule has 1 aliphatic rings. The van der Waals surface area contributed by atoms with Gasteiger partial charge in [-0.25, -0.2) is 18.4 Å². The van der Waals surface area contributed by atoms with Gasteiger partial charge in [0.15, 0.2) is 0 Å². The number of amides is 1. The highest BCUT2D eigenvalue weighted by Gasteiger charge is 2.27. The Morgan fingerprint density at radius 1 is 1.04 bits per heavy atom. The minimum absolute atomic E-state index is 0.204. The molecule has 0 N–H and O–H groups in total. The Kier molecular flexibility index (Phi) is 5.36. The number of carbonyl (C=O) groups is 1. The lowest BCUT2D eigenvalue weighted by molar-refractivity contribution is -0.129. The van der Waals surface area contributed by atoms with Crippen LogP contribution in [0.1, 0.15) is 0 Å². The summed E-state index contributed by atoms with van der Waals surface area (Å²) in [5, 5.41) is 0. The minimum Gasteiger partial charge on any atom is -0.338 e. The van der Waals surface area contributed by atoms with Gasteiger partial charge in [-0.3, -0.25) is 9.10 Å². The van der Waals surface area contributed by atoms with Crippen molar-refractivity contribution in [2.75, 3.05) is 48.2 Å². The summed E-state index contributed by atoms with van der Waals surface area (Å²) in [6, 6.07) is 10.4. The number of hydrogen-bond donors (Lipinski definition) is 0. The summed E-state index contributed by atoms with van der Waals surface area (Å²) >= 11 is 0. The summed E-state index contributed by atoms with van der Waals surface area (Å²) in [4.78, 5) is 24.8. The third kappa shape index (κ3) is 4.29. The van der Waals surface area contributed by atoms with Crippen LogP contribution in [0.15, 0.2) is 48.8 Å². The minimum atomic E-state index is -3.55. The lowest BCUT2D eigenvalue weighted by Crippen LogP contribution is -2.52. The molecular formula is C17H21N5O3S. The molecule has 0 unspecified atom stereocenters. The molecule has 0 aliphatic carbocycles. The standard InChI is InChI=1S/C17H21N5O3S/c1-26(24,25)22(15-6-3-2-4-7-15)14-16(23)20-10-12-21(13-11-20)17-18-8-5-9-19-17/h2-9H,10-14H2,1H3. The molecule has 1 aromatic carbocycles. The number of carbonyl (C=O) groups excluding carboxylic acids is 1. The highest BCUT2D eigenvalue weighted by molar-refractivity contribution is 7.92. The number of anilines is 2. The zero-order valence-electron chi connectivity index (χ0n) is 14.5. The van der Waals surface area contributed by atoms with E-state index >= 15 is 0 Å². The molecule has 0 atom stereocenters. The van der Waals surface area contributed by atoms with Crippen molar-refractivity contribution in [2.45, 2.75) is 0 Å². The molecule has 138 valence electrons. The molecule has 1 amide bonds. The van der Waals surface area contributed by atoms with Crippen molar-refractivity contribution in [3.63, 3.8) is 0 Å². The van der Waals surface area contributed by atoms with E-state index in [0.717, 1.165) is 10.6 Å². The van der Waals surface area contributed by atoms with E-state index in [9.17, 15) is 13.2 Å². The van der Waals surface area contributed by atoms with Gasteiger partial charge in [0, 0.05) is 38.6 Å². The largest absolute Gasteiger partial charge is 0.338 e. The van der Waals surface area contributed by atoms with Crippen molar-refractivity contribution in [3.8, 4) is 0 Å². The van der Waals surface area contributed by atoms with Gasteiger partial charge in [0.05, 0.1) is 11.9 Å². The predicted molar refractivity (Wildman–Crippen MR) is 99.5 cm³/mol. The maximum atomic E-state index is 12.6. The highest BCUT2D eigenvalue weighted by Crippen LogP contribution is 2.17. The number of hydrogen-bond acceptors (Lipinski definition) is 6. The Hall–Kier alpha value is -2.68. The Morgan fingerprint density at radius 2 is 1.65 bits per heavy atom. The van der Waals surface area contributed by atoms with E-state index in [1.54, 1.807) is 53.7 Å². The van der Waals surface area contributed by atoms with Crippen LogP contribution in [0.4, 0.5) is 11.6 Å². The van der Waals surface area contributed by atoms with Crippen molar-refractivity contribution >= 4 is 27.6 Å². The van der Waals surface area contributed by atoms with E-state index < -0.39 is 10.0 Å². The number of aromatic nitrogens is 2. The number of para-hydroxylation sites is 1. The van der Waals surface area contributed by atoms with E-state index in [-0.39, 0.29) is 12.5 Å². The van der Waals surface area contributed by atoms with Crippen molar-refractivity contribution in [2.24, 2.45) is 0 Å². The van der Waals surface area contributed by atoms with Gasteiger partial charge in [0.25, 0.3) is 0 Å². The fourth-order valence-corrected chi connectivity index (χ4v) is 3.68. The SMILES string of the molecule is CS(=O)(=O)N(CC(=O)N1CCN(c2ncccn2)CC1)c1ccccc1. The van der Waals surface area contributed by atoms with Crippen LogP contribution in [0.25, 0.3) is 0 Å². The van der Waals surface area contributed by atoms with Crippen molar-refractivity contribution < 1.29 is 13.2 Å². The smallest absolute Gasteiger partial charge is 0.243 e. The topological polar surface area (TPSA) is 86.7 Å². The van der Waals surface area contributed by atoms with Crippen LogP contribution in [0.2, 0.25) is 0 Å². The van der Waals surface area contributed by atoms with Crippen molar-refractivity contribution in [1.29, 1.82) is 0 Å². The van der Waals surface area contributed by atoms with Gasteiger partial charge in [-0.15, -0.1) is 0 Å². The summed E-state index contributed by atoms with van der Waals surface area (Å²) in [5.74, 6) is 0.426. The summed E-state index contributed by atoms with van der Waals surface area (Å²) in [6.45, 7) is 2.03. The van der Waals surface area contributed by atoms with Crippen LogP contribution in [0.5, 0.6) is 0 Å². The molecule has 26 heavy (non-hydrogen) atoms. The molecule has 2 heterocycles. The van der Waals surface area contributed by atoms with Crippen LogP contribution in [-0.2, 0) is 14.8 Å². The molecule has 0 radical (unpaired) electrons. The summed E-state index contributed by atoms with van der Waals surface area (Å²) in [6.07, 6.45) is 4.48. The second-order valence-corrected chi connectivity index (χ2v) is 7.93.